The van der Waals surface area contributed by atoms with Crippen molar-refractivity contribution in [2.75, 3.05) is 25.4 Å². The van der Waals surface area contributed by atoms with Crippen LogP contribution in [0.2, 0.25) is 5.02 Å². The molecule has 0 bridgehead atoms. The molecule has 3 aromatic rings. The van der Waals surface area contributed by atoms with Crippen molar-refractivity contribution in [2.45, 2.75) is 86.7 Å². The van der Waals surface area contributed by atoms with Crippen LogP contribution < -0.4 is 4.74 Å². The number of pyridine rings is 1. The van der Waals surface area contributed by atoms with Crippen LogP contribution in [0.1, 0.15) is 50.2 Å². The van der Waals surface area contributed by atoms with Crippen LogP contribution in [0.3, 0.4) is 0 Å². The van der Waals surface area contributed by atoms with E-state index < -0.39 is 36.6 Å². The highest BCUT2D eigenvalue weighted by Crippen LogP contribution is 2.53. The van der Waals surface area contributed by atoms with E-state index in [9.17, 15) is 25.2 Å². The van der Waals surface area contributed by atoms with E-state index in [0.717, 1.165) is 58.6 Å². The highest BCUT2D eigenvalue weighted by molar-refractivity contribution is 7.99. The van der Waals surface area contributed by atoms with E-state index in [-0.39, 0.29) is 18.6 Å². The van der Waals surface area contributed by atoms with Crippen molar-refractivity contribution < 1.29 is 39.8 Å². The van der Waals surface area contributed by atoms with Crippen LogP contribution in [-0.4, -0.2) is 97.3 Å². The summed E-state index contributed by atoms with van der Waals surface area (Å²) in [5.74, 6) is 1.25. The van der Waals surface area contributed by atoms with Crippen LogP contribution in [0, 0.1) is 0 Å². The first kappa shape index (κ1) is 35.6. The fraction of sp³-hybridized carbons (Fsp3) is 0.486. The molecule has 0 aliphatic heterocycles. The summed E-state index contributed by atoms with van der Waals surface area (Å²) in [4.78, 5) is 19.0. The first-order valence-electron chi connectivity index (χ1n) is 16.0. The minimum atomic E-state index is -1.74. The number of halogens is 1. The van der Waals surface area contributed by atoms with Gasteiger partial charge in [-0.1, -0.05) is 29.8 Å². The normalized spacial score (nSPS) is 17.9. The van der Waals surface area contributed by atoms with Gasteiger partial charge >= 0.3 is 0 Å². The molecule has 0 radical (unpaired) electrons. The average molecular weight is 687 g/mol. The summed E-state index contributed by atoms with van der Waals surface area (Å²) in [5.41, 5.74) is 3.56. The van der Waals surface area contributed by atoms with Crippen LogP contribution in [0.15, 0.2) is 65.8 Å². The Hall–Kier alpha value is -2.74. The minimum Gasteiger partial charge on any atom is -0.490 e. The SMILES string of the molecule is CC(=O)N(CCCSc1ccc(Cl)c(COC2(c3cnccc3-c3ccccc3OC3CC3)CC2)c1)CC(O)C(O)C(O)C(O)CO. The first-order valence-corrected chi connectivity index (χ1v) is 17.3. The maximum absolute atomic E-state index is 12.2. The third-order valence-corrected chi connectivity index (χ3v) is 10.0. The molecule has 1 heterocycles. The number of benzene rings is 2. The number of nitrogens with zero attached hydrogens (tertiary/aromatic N) is 2. The molecule has 254 valence electrons. The zero-order valence-electron chi connectivity index (χ0n) is 26.4. The number of aliphatic hydroxyl groups is 5. The minimum absolute atomic E-state index is 0.224. The van der Waals surface area contributed by atoms with Crippen molar-refractivity contribution in [3.8, 4) is 16.9 Å². The van der Waals surface area contributed by atoms with E-state index >= 15 is 0 Å². The zero-order chi connectivity index (χ0) is 33.6. The number of thioether (sulfide) groups is 1. The molecular formula is C35H43ClN2O8S. The lowest BCUT2D eigenvalue weighted by Crippen LogP contribution is -2.50. The molecule has 10 nitrogen and oxygen atoms in total. The summed E-state index contributed by atoms with van der Waals surface area (Å²) < 4.78 is 12.8. The van der Waals surface area contributed by atoms with Gasteiger partial charge in [-0.15, -0.1) is 11.8 Å². The highest BCUT2D eigenvalue weighted by Gasteiger charge is 2.48. The molecule has 2 saturated carbocycles. The van der Waals surface area contributed by atoms with E-state index in [1.165, 1.54) is 11.8 Å². The molecule has 12 heteroatoms. The number of carbonyl (C=O) groups is 1. The standard InChI is InChI=1S/C35H43ClN2O8S/c1-22(40)38(19-30(41)33(43)34(44)31(42)20-39)15-4-16-47-25-9-10-29(36)23(17-25)21-45-35(12-13-35)28-18-37-14-11-26(28)27-5-2-3-6-32(27)46-24-7-8-24/h2-3,5-6,9-11,14,17-18,24,30-31,33-34,39,41-44H,4,7-8,12-13,15-16,19-21H2,1H3. The lowest BCUT2D eigenvalue weighted by Gasteiger charge is -2.30. The van der Waals surface area contributed by atoms with Gasteiger partial charge in [-0.2, -0.15) is 0 Å². The summed E-state index contributed by atoms with van der Waals surface area (Å²) in [6, 6.07) is 16.0. The number of aromatic nitrogens is 1. The van der Waals surface area contributed by atoms with Gasteiger partial charge in [-0.3, -0.25) is 9.78 Å². The quantitative estimate of drug-likeness (QED) is 0.0984. The topological polar surface area (TPSA) is 153 Å². The molecule has 2 aromatic carbocycles. The molecule has 2 fully saturated rings. The van der Waals surface area contributed by atoms with Gasteiger partial charge < -0.3 is 39.9 Å². The molecule has 4 atom stereocenters. The monoisotopic (exact) mass is 686 g/mol. The predicted octanol–water partition coefficient (Wildman–Crippen LogP) is 3.92. The molecule has 5 rings (SSSR count). The largest absolute Gasteiger partial charge is 0.490 e. The lowest BCUT2D eigenvalue weighted by atomic mass is 9.96. The van der Waals surface area contributed by atoms with E-state index in [4.69, 9.17) is 26.2 Å². The fourth-order valence-electron chi connectivity index (χ4n) is 5.44. The van der Waals surface area contributed by atoms with E-state index in [1.807, 2.05) is 48.7 Å². The summed E-state index contributed by atoms with van der Waals surface area (Å²) in [6.45, 7) is 1.02. The highest BCUT2D eigenvalue weighted by atomic mass is 35.5. The van der Waals surface area contributed by atoms with Gasteiger partial charge in [0.2, 0.25) is 5.91 Å². The van der Waals surface area contributed by atoms with Crippen molar-refractivity contribution >= 4 is 29.3 Å². The Balaban J connectivity index is 1.17. The smallest absolute Gasteiger partial charge is 0.219 e. The molecule has 47 heavy (non-hydrogen) atoms. The second-order valence-electron chi connectivity index (χ2n) is 12.2. The van der Waals surface area contributed by atoms with Crippen molar-refractivity contribution in [3.05, 3.63) is 77.1 Å². The number of carbonyl (C=O) groups excluding carboxylic acids is 1. The number of hydrogen-bond donors (Lipinski definition) is 5. The Morgan fingerprint density at radius 1 is 1.06 bits per heavy atom. The van der Waals surface area contributed by atoms with Gasteiger partial charge in [-0.25, -0.2) is 0 Å². The first-order chi connectivity index (χ1) is 22.6. The van der Waals surface area contributed by atoms with Gasteiger partial charge in [0.25, 0.3) is 0 Å². The molecule has 0 spiro atoms. The maximum atomic E-state index is 12.2. The molecule has 2 aliphatic carbocycles. The maximum Gasteiger partial charge on any atom is 0.219 e. The molecule has 1 amide bonds. The number of rotatable bonds is 18. The van der Waals surface area contributed by atoms with Gasteiger partial charge in [0.1, 0.15) is 30.2 Å². The van der Waals surface area contributed by atoms with Gasteiger partial charge in [0.15, 0.2) is 0 Å². The lowest BCUT2D eigenvalue weighted by molar-refractivity contribution is -0.137. The molecule has 4 unspecified atom stereocenters. The number of ether oxygens (including phenoxy) is 2. The fourth-order valence-corrected chi connectivity index (χ4v) is 6.51. The van der Waals surface area contributed by atoms with Crippen LogP contribution >= 0.6 is 23.4 Å². The summed E-state index contributed by atoms with van der Waals surface area (Å²) >= 11 is 8.20. The zero-order valence-corrected chi connectivity index (χ0v) is 27.9. The van der Waals surface area contributed by atoms with E-state index in [0.29, 0.717) is 30.3 Å². The molecular weight excluding hydrogens is 644 g/mol. The third kappa shape index (κ3) is 9.24. The summed E-state index contributed by atoms with van der Waals surface area (Å²) in [7, 11) is 0. The Kier molecular flexibility index (Phi) is 12.2. The van der Waals surface area contributed by atoms with Crippen LogP contribution in [-0.2, 0) is 21.7 Å². The molecule has 2 aliphatic rings. The Morgan fingerprint density at radius 3 is 2.51 bits per heavy atom. The van der Waals surface area contributed by atoms with E-state index in [1.54, 1.807) is 18.0 Å². The van der Waals surface area contributed by atoms with Crippen molar-refractivity contribution in [3.63, 3.8) is 0 Å². The Morgan fingerprint density at radius 2 is 1.81 bits per heavy atom. The molecule has 0 saturated heterocycles. The van der Waals surface area contributed by atoms with Gasteiger partial charge in [-0.05, 0) is 79.3 Å². The van der Waals surface area contributed by atoms with Crippen molar-refractivity contribution in [1.29, 1.82) is 0 Å². The molecule has 1 aromatic heterocycles. The number of hydrogen-bond acceptors (Lipinski definition) is 10. The van der Waals surface area contributed by atoms with E-state index in [2.05, 4.69) is 11.1 Å². The summed E-state index contributed by atoms with van der Waals surface area (Å²) in [5, 5.41) is 49.4. The molecule has 5 N–H and O–H groups in total. The van der Waals surface area contributed by atoms with Crippen LogP contribution in [0.25, 0.3) is 11.1 Å². The van der Waals surface area contributed by atoms with Crippen LogP contribution in [0.5, 0.6) is 5.75 Å². The second-order valence-corrected chi connectivity index (χ2v) is 13.8. The summed E-state index contributed by atoms with van der Waals surface area (Å²) in [6.07, 6.45) is 1.94. The second kappa shape index (κ2) is 16.1. The number of amides is 1. The number of para-hydroxylation sites is 1. The number of aliphatic hydroxyl groups excluding tert-OH is 5. The Bertz CT molecular complexity index is 1500. The Labute approximate surface area is 284 Å². The van der Waals surface area contributed by atoms with Gasteiger partial charge in [0.05, 0.1) is 24.9 Å². The van der Waals surface area contributed by atoms with Gasteiger partial charge in [0, 0.05) is 53.5 Å². The third-order valence-electron chi connectivity index (χ3n) is 8.55. The van der Waals surface area contributed by atoms with Crippen molar-refractivity contribution in [2.24, 2.45) is 0 Å². The predicted molar refractivity (Wildman–Crippen MR) is 179 cm³/mol. The van der Waals surface area contributed by atoms with Crippen LogP contribution in [0.4, 0.5) is 0 Å². The van der Waals surface area contributed by atoms with Crippen molar-refractivity contribution in [1.82, 2.24) is 9.88 Å². The average Bonchev–Trinajstić information content (AvgIpc) is 4.02.